The minimum Gasteiger partial charge on any atom is -0.357 e. The molecule has 0 saturated carbocycles. The van der Waals surface area contributed by atoms with Crippen molar-refractivity contribution in [1.29, 1.82) is 0 Å². The van der Waals surface area contributed by atoms with Gasteiger partial charge >= 0.3 is 0 Å². The molecule has 0 aliphatic heterocycles. The number of nitrogens with zero attached hydrogens (tertiary/aromatic N) is 3. The molecular formula is C6H6ClN5. The minimum atomic E-state index is 0.326. The lowest BCUT2D eigenvalue weighted by molar-refractivity contribution is 1.18. The van der Waals surface area contributed by atoms with Crippen LogP contribution in [0.4, 0.5) is 5.95 Å². The number of anilines is 1. The van der Waals surface area contributed by atoms with Gasteiger partial charge in [0.05, 0.1) is 6.20 Å². The van der Waals surface area contributed by atoms with Crippen LogP contribution in [-0.2, 0) is 0 Å². The molecule has 0 fully saturated rings. The molecule has 62 valence electrons. The molecule has 6 heteroatoms. The summed E-state index contributed by atoms with van der Waals surface area (Å²) in [5, 5.41) is 3.14. The van der Waals surface area contributed by atoms with E-state index in [0.29, 0.717) is 16.9 Å². The van der Waals surface area contributed by atoms with Crippen LogP contribution in [-0.4, -0.2) is 27.0 Å². The summed E-state index contributed by atoms with van der Waals surface area (Å²) >= 11 is 5.62. The van der Waals surface area contributed by atoms with Gasteiger partial charge in [0.1, 0.15) is 5.52 Å². The molecule has 2 rings (SSSR count). The van der Waals surface area contributed by atoms with Crippen LogP contribution in [0.1, 0.15) is 0 Å². The largest absolute Gasteiger partial charge is 0.357 e. The summed E-state index contributed by atoms with van der Waals surface area (Å²) < 4.78 is 0. The Kier molecular flexibility index (Phi) is 1.58. The van der Waals surface area contributed by atoms with E-state index in [-0.39, 0.29) is 0 Å². The Bertz CT molecular complexity index is 409. The van der Waals surface area contributed by atoms with Crippen molar-refractivity contribution in [3.63, 3.8) is 0 Å². The van der Waals surface area contributed by atoms with Gasteiger partial charge in [-0.3, -0.25) is 0 Å². The SMILES string of the molecule is CNc1ncc2[nH]c(Cl)nc2n1. The van der Waals surface area contributed by atoms with E-state index in [4.69, 9.17) is 11.6 Å². The molecule has 0 unspecified atom stereocenters. The van der Waals surface area contributed by atoms with Crippen molar-refractivity contribution in [3.8, 4) is 0 Å². The number of rotatable bonds is 1. The second-order valence-corrected chi connectivity index (χ2v) is 2.57. The van der Waals surface area contributed by atoms with Crippen molar-refractivity contribution < 1.29 is 0 Å². The summed E-state index contributed by atoms with van der Waals surface area (Å²) in [5.74, 6) is 0.533. The number of aromatic amines is 1. The number of nitrogens with one attached hydrogen (secondary N) is 2. The molecule has 2 aromatic heterocycles. The molecule has 0 bridgehead atoms. The lowest BCUT2D eigenvalue weighted by Crippen LogP contribution is -1.95. The Hall–Kier alpha value is -1.36. The number of fused-ring (bicyclic) bond motifs is 1. The van der Waals surface area contributed by atoms with Gasteiger partial charge in [0.15, 0.2) is 5.65 Å². The lowest BCUT2D eigenvalue weighted by Gasteiger charge is -1.94. The van der Waals surface area contributed by atoms with Gasteiger partial charge in [-0.15, -0.1) is 0 Å². The monoisotopic (exact) mass is 183 g/mol. The van der Waals surface area contributed by atoms with Gasteiger partial charge in [0.2, 0.25) is 11.2 Å². The zero-order chi connectivity index (χ0) is 8.55. The van der Waals surface area contributed by atoms with Crippen LogP contribution < -0.4 is 5.32 Å². The third-order valence-corrected chi connectivity index (χ3v) is 1.61. The zero-order valence-electron chi connectivity index (χ0n) is 6.30. The maximum atomic E-state index is 5.62. The van der Waals surface area contributed by atoms with Crippen molar-refractivity contribution >= 4 is 28.7 Å². The lowest BCUT2D eigenvalue weighted by atomic mass is 10.6. The summed E-state index contributed by atoms with van der Waals surface area (Å²) in [7, 11) is 1.75. The first-order chi connectivity index (χ1) is 5.79. The first-order valence-electron chi connectivity index (χ1n) is 3.35. The van der Waals surface area contributed by atoms with Crippen LogP contribution in [0.15, 0.2) is 6.20 Å². The third kappa shape index (κ3) is 1.08. The van der Waals surface area contributed by atoms with E-state index >= 15 is 0 Å². The second kappa shape index (κ2) is 2.60. The number of hydrogen-bond acceptors (Lipinski definition) is 4. The maximum Gasteiger partial charge on any atom is 0.224 e. The summed E-state index contributed by atoms with van der Waals surface area (Å²) in [5.41, 5.74) is 1.30. The van der Waals surface area contributed by atoms with Gasteiger partial charge in [-0.05, 0) is 11.6 Å². The maximum absolute atomic E-state index is 5.62. The molecule has 0 spiro atoms. The Morgan fingerprint density at radius 2 is 2.33 bits per heavy atom. The van der Waals surface area contributed by atoms with Crippen LogP contribution >= 0.6 is 11.6 Å². The van der Waals surface area contributed by atoms with Crippen molar-refractivity contribution in [2.75, 3.05) is 12.4 Å². The molecule has 0 aromatic carbocycles. The molecular weight excluding hydrogens is 178 g/mol. The van der Waals surface area contributed by atoms with Gasteiger partial charge in [-0.25, -0.2) is 4.98 Å². The van der Waals surface area contributed by atoms with E-state index in [1.807, 2.05) is 0 Å². The quantitative estimate of drug-likeness (QED) is 0.649. The molecule has 0 atom stereocenters. The van der Waals surface area contributed by atoms with Gasteiger partial charge in [0.25, 0.3) is 0 Å². The molecule has 0 aliphatic rings. The van der Waals surface area contributed by atoms with Crippen LogP contribution in [0.5, 0.6) is 0 Å². The topological polar surface area (TPSA) is 66.5 Å². The molecule has 12 heavy (non-hydrogen) atoms. The smallest absolute Gasteiger partial charge is 0.224 e. The molecule has 2 aromatic rings. The van der Waals surface area contributed by atoms with E-state index in [1.165, 1.54) is 0 Å². The molecule has 5 nitrogen and oxygen atoms in total. The third-order valence-electron chi connectivity index (χ3n) is 1.43. The Morgan fingerprint density at radius 3 is 3.08 bits per heavy atom. The van der Waals surface area contributed by atoms with Gasteiger partial charge in [-0.2, -0.15) is 9.97 Å². The summed E-state index contributed by atoms with van der Waals surface area (Å²) in [6.07, 6.45) is 1.63. The van der Waals surface area contributed by atoms with Crippen molar-refractivity contribution in [2.24, 2.45) is 0 Å². The van der Waals surface area contributed by atoms with Crippen LogP contribution in [0.3, 0.4) is 0 Å². The zero-order valence-corrected chi connectivity index (χ0v) is 7.05. The average Bonchev–Trinajstić information content (AvgIpc) is 2.43. The fourth-order valence-electron chi connectivity index (χ4n) is 0.899. The highest BCUT2D eigenvalue weighted by Gasteiger charge is 2.02. The standard InChI is InChI=1S/C6H6ClN5/c1-8-6-9-2-3-4(12-6)11-5(7)10-3/h2H,1H3,(H2,8,9,10,11,12). The van der Waals surface area contributed by atoms with E-state index in [2.05, 4.69) is 25.3 Å². The van der Waals surface area contributed by atoms with Crippen LogP contribution in [0.25, 0.3) is 11.2 Å². The Labute approximate surface area is 73.2 Å². The van der Waals surface area contributed by atoms with Gasteiger partial charge < -0.3 is 10.3 Å². The number of halogens is 1. The molecule has 0 saturated heterocycles. The Balaban J connectivity index is 2.66. The van der Waals surface area contributed by atoms with E-state index in [1.54, 1.807) is 13.2 Å². The van der Waals surface area contributed by atoms with E-state index in [0.717, 1.165) is 5.52 Å². The second-order valence-electron chi connectivity index (χ2n) is 2.21. The fraction of sp³-hybridized carbons (Fsp3) is 0.167. The highest BCUT2D eigenvalue weighted by molar-refractivity contribution is 6.28. The molecule has 0 amide bonds. The van der Waals surface area contributed by atoms with Crippen molar-refractivity contribution in [1.82, 2.24) is 19.9 Å². The molecule has 0 radical (unpaired) electrons. The molecule has 2 heterocycles. The predicted octanol–water partition coefficient (Wildman–Crippen LogP) is 1.05. The number of aromatic nitrogens is 4. The predicted molar refractivity (Wildman–Crippen MR) is 46.2 cm³/mol. The Morgan fingerprint density at radius 1 is 1.50 bits per heavy atom. The summed E-state index contributed by atoms with van der Waals surface area (Å²) in [4.78, 5) is 14.8. The molecule has 2 N–H and O–H groups in total. The minimum absolute atomic E-state index is 0.326. The summed E-state index contributed by atoms with van der Waals surface area (Å²) in [6, 6.07) is 0. The van der Waals surface area contributed by atoms with E-state index < -0.39 is 0 Å². The first kappa shape index (κ1) is 7.30. The highest BCUT2D eigenvalue weighted by Crippen LogP contribution is 2.12. The van der Waals surface area contributed by atoms with Crippen LogP contribution in [0.2, 0.25) is 5.28 Å². The molecule has 0 aliphatic carbocycles. The number of H-pyrrole nitrogens is 1. The normalized spacial score (nSPS) is 10.5. The van der Waals surface area contributed by atoms with Crippen molar-refractivity contribution in [3.05, 3.63) is 11.5 Å². The van der Waals surface area contributed by atoms with Crippen molar-refractivity contribution in [2.45, 2.75) is 0 Å². The summed E-state index contributed by atoms with van der Waals surface area (Å²) in [6.45, 7) is 0. The average molecular weight is 184 g/mol. The van der Waals surface area contributed by atoms with Gasteiger partial charge in [-0.1, -0.05) is 0 Å². The highest BCUT2D eigenvalue weighted by atomic mass is 35.5. The van der Waals surface area contributed by atoms with Gasteiger partial charge in [0, 0.05) is 7.05 Å². The first-order valence-corrected chi connectivity index (χ1v) is 3.73. The van der Waals surface area contributed by atoms with Crippen LogP contribution in [0, 0.1) is 0 Å². The number of hydrogen-bond donors (Lipinski definition) is 2. The van der Waals surface area contributed by atoms with E-state index in [9.17, 15) is 0 Å². The fourth-order valence-corrected chi connectivity index (χ4v) is 1.08. The number of imidazole rings is 1.